The lowest BCUT2D eigenvalue weighted by Gasteiger charge is -2.07. The molecule has 0 aliphatic carbocycles. The first kappa shape index (κ1) is 16.9. The first-order valence-electron chi connectivity index (χ1n) is 8.54. The van der Waals surface area contributed by atoms with Crippen molar-refractivity contribution in [3.05, 3.63) is 65.9 Å². The van der Waals surface area contributed by atoms with E-state index < -0.39 is 0 Å². The molecule has 5 heteroatoms. The smallest absolute Gasteiger partial charge is 0.314 e. The van der Waals surface area contributed by atoms with Gasteiger partial charge in [0.05, 0.1) is 0 Å². The molecule has 3 N–H and O–H groups in total. The minimum atomic E-state index is -0.126. The fraction of sp³-hybridized carbons (Fsp3) is 0.250. The Morgan fingerprint density at radius 3 is 2.76 bits per heavy atom. The molecule has 3 rings (SSSR count). The Hall–Kier alpha value is -2.95. The third-order valence-corrected chi connectivity index (χ3v) is 4.00. The molecule has 0 spiro atoms. The maximum absolute atomic E-state index is 11.4. The number of carbonyl (C=O) groups is 1. The molecule has 2 amide bonds. The number of hydrogen-bond donors (Lipinski definition) is 3. The largest absolute Gasteiger partial charge is 0.489 e. The van der Waals surface area contributed by atoms with Crippen molar-refractivity contribution in [3.8, 4) is 5.75 Å². The standard InChI is InChI=1S/C20H23N3O2/c1-2-21-20(24)22-11-10-16-13-23-19-12-17(8-9-18(16)19)25-14-15-6-4-3-5-7-15/h3-9,12-13,23H,2,10-11,14H2,1H3,(H2,21,22,24). The number of H-pyrrole nitrogens is 1. The van der Waals surface area contributed by atoms with Gasteiger partial charge < -0.3 is 20.4 Å². The lowest BCUT2D eigenvalue weighted by molar-refractivity contribution is 0.241. The fourth-order valence-electron chi connectivity index (χ4n) is 2.74. The SMILES string of the molecule is CCNC(=O)NCCc1c[nH]c2cc(OCc3ccccc3)ccc12. The topological polar surface area (TPSA) is 66.2 Å². The summed E-state index contributed by atoms with van der Waals surface area (Å²) in [5.41, 5.74) is 3.37. The Kier molecular flexibility index (Phi) is 5.57. The molecule has 0 radical (unpaired) electrons. The summed E-state index contributed by atoms with van der Waals surface area (Å²) < 4.78 is 5.86. The molecule has 25 heavy (non-hydrogen) atoms. The molecular formula is C20H23N3O2. The Labute approximate surface area is 147 Å². The molecule has 0 saturated heterocycles. The zero-order valence-electron chi connectivity index (χ0n) is 14.3. The van der Waals surface area contributed by atoms with E-state index in [9.17, 15) is 4.79 Å². The van der Waals surface area contributed by atoms with Gasteiger partial charge >= 0.3 is 6.03 Å². The predicted molar refractivity (Wildman–Crippen MR) is 99.9 cm³/mol. The third kappa shape index (κ3) is 4.53. The summed E-state index contributed by atoms with van der Waals surface area (Å²) in [6.45, 7) is 3.68. The summed E-state index contributed by atoms with van der Waals surface area (Å²) in [6.07, 6.45) is 2.77. The molecule has 0 fully saturated rings. The van der Waals surface area contributed by atoms with Gasteiger partial charge in [0.2, 0.25) is 0 Å². The summed E-state index contributed by atoms with van der Waals surface area (Å²) in [6, 6.07) is 16.0. The van der Waals surface area contributed by atoms with Gasteiger partial charge in [0.15, 0.2) is 0 Å². The number of aromatic amines is 1. The number of aromatic nitrogens is 1. The Bertz CT molecular complexity index is 827. The van der Waals surface area contributed by atoms with Gasteiger partial charge in [-0.05, 0) is 36.6 Å². The number of fused-ring (bicyclic) bond motifs is 1. The van der Waals surface area contributed by atoms with Crippen molar-refractivity contribution in [2.24, 2.45) is 0 Å². The van der Waals surface area contributed by atoms with Crippen LogP contribution in [0.15, 0.2) is 54.7 Å². The minimum absolute atomic E-state index is 0.126. The molecule has 5 nitrogen and oxygen atoms in total. The fourth-order valence-corrected chi connectivity index (χ4v) is 2.74. The van der Waals surface area contributed by atoms with E-state index >= 15 is 0 Å². The number of hydrogen-bond acceptors (Lipinski definition) is 2. The molecule has 2 aromatic carbocycles. The van der Waals surface area contributed by atoms with Crippen molar-refractivity contribution in [1.82, 2.24) is 15.6 Å². The van der Waals surface area contributed by atoms with Crippen LogP contribution in [0.5, 0.6) is 5.75 Å². The van der Waals surface area contributed by atoms with Crippen LogP contribution in [-0.2, 0) is 13.0 Å². The number of benzene rings is 2. The number of urea groups is 1. The van der Waals surface area contributed by atoms with Gasteiger partial charge in [-0.25, -0.2) is 4.79 Å². The van der Waals surface area contributed by atoms with Gasteiger partial charge in [-0.2, -0.15) is 0 Å². The molecule has 1 aromatic heterocycles. The molecule has 0 saturated carbocycles. The highest BCUT2D eigenvalue weighted by atomic mass is 16.5. The van der Waals surface area contributed by atoms with Crippen molar-refractivity contribution >= 4 is 16.9 Å². The number of amides is 2. The summed E-state index contributed by atoms with van der Waals surface area (Å²) in [5.74, 6) is 0.838. The van der Waals surface area contributed by atoms with Crippen LogP contribution in [0.3, 0.4) is 0 Å². The van der Waals surface area contributed by atoms with Crippen LogP contribution in [0.2, 0.25) is 0 Å². The second kappa shape index (κ2) is 8.24. The zero-order chi connectivity index (χ0) is 17.5. The number of nitrogens with one attached hydrogen (secondary N) is 3. The van der Waals surface area contributed by atoms with Crippen molar-refractivity contribution in [1.29, 1.82) is 0 Å². The van der Waals surface area contributed by atoms with E-state index in [-0.39, 0.29) is 6.03 Å². The second-order valence-electron chi connectivity index (χ2n) is 5.83. The second-order valence-corrected chi connectivity index (χ2v) is 5.83. The molecule has 0 aliphatic rings. The van der Waals surface area contributed by atoms with Crippen LogP contribution in [0, 0.1) is 0 Å². The summed E-state index contributed by atoms with van der Waals surface area (Å²) in [5, 5.41) is 6.73. The highest BCUT2D eigenvalue weighted by Gasteiger charge is 2.06. The Balaban J connectivity index is 1.59. The van der Waals surface area contributed by atoms with E-state index in [2.05, 4.69) is 21.7 Å². The molecule has 3 aromatic rings. The van der Waals surface area contributed by atoms with E-state index in [0.717, 1.165) is 28.6 Å². The number of rotatable bonds is 7. The van der Waals surface area contributed by atoms with Gasteiger partial charge in [-0.15, -0.1) is 0 Å². The van der Waals surface area contributed by atoms with Crippen molar-refractivity contribution in [2.45, 2.75) is 20.0 Å². The van der Waals surface area contributed by atoms with Crippen molar-refractivity contribution in [3.63, 3.8) is 0 Å². The van der Waals surface area contributed by atoms with E-state index in [1.165, 1.54) is 5.56 Å². The van der Waals surface area contributed by atoms with E-state index in [1.807, 2.05) is 55.6 Å². The van der Waals surface area contributed by atoms with E-state index in [0.29, 0.717) is 19.7 Å². The van der Waals surface area contributed by atoms with E-state index in [1.54, 1.807) is 0 Å². The van der Waals surface area contributed by atoms with Crippen molar-refractivity contribution in [2.75, 3.05) is 13.1 Å². The van der Waals surface area contributed by atoms with Gasteiger partial charge in [-0.1, -0.05) is 30.3 Å². The first-order valence-corrected chi connectivity index (χ1v) is 8.54. The zero-order valence-corrected chi connectivity index (χ0v) is 14.3. The van der Waals surface area contributed by atoms with Crippen molar-refractivity contribution < 1.29 is 9.53 Å². The van der Waals surface area contributed by atoms with Crippen LogP contribution >= 0.6 is 0 Å². The molecule has 0 aliphatic heterocycles. The van der Waals surface area contributed by atoms with Gasteiger partial charge in [0.25, 0.3) is 0 Å². The maximum atomic E-state index is 11.4. The van der Waals surface area contributed by atoms with Gasteiger partial charge in [-0.3, -0.25) is 0 Å². The first-order chi connectivity index (χ1) is 12.3. The average Bonchev–Trinajstić information content (AvgIpc) is 3.03. The molecule has 0 unspecified atom stereocenters. The lowest BCUT2D eigenvalue weighted by Crippen LogP contribution is -2.36. The number of ether oxygens (including phenoxy) is 1. The maximum Gasteiger partial charge on any atom is 0.314 e. The average molecular weight is 337 g/mol. The normalized spacial score (nSPS) is 10.6. The third-order valence-electron chi connectivity index (χ3n) is 4.00. The van der Waals surface area contributed by atoms with Crippen LogP contribution < -0.4 is 15.4 Å². The molecule has 0 bridgehead atoms. The van der Waals surface area contributed by atoms with E-state index in [4.69, 9.17) is 4.74 Å². The van der Waals surface area contributed by atoms with Gasteiger partial charge in [0, 0.05) is 36.3 Å². The highest BCUT2D eigenvalue weighted by molar-refractivity contribution is 5.84. The summed E-state index contributed by atoms with van der Waals surface area (Å²) >= 11 is 0. The summed E-state index contributed by atoms with van der Waals surface area (Å²) in [7, 11) is 0. The van der Waals surface area contributed by atoms with Crippen LogP contribution in [0.1, 0.15) is 18.1 Å². The van der Waals surface area contributed by atoms with Crippen LogP contribution in [-0.4, -0.2) is 24.1 Å². The lowest BCUT2D eigenvalue weighted by atomic mass is 10.1. The molecular weight excluding hydrogens is 314 g/mol. The quantitative estimate of drug-likeness (QED) is 0.616. The molecule has 130 valence electrons. The van der Waals surface area contributed by atoms with Crippen LogP contribution in [0.4, 0.5) is 4.79 Å². The molecule has 0 atom stereocenters. The minimum Gasteiger partial charge on any atom is -0.489 e. The summed E-state index contributed by atoms with van der Waals surface area (Å²) in [4.78, 5) is 14.7. The molecule has 1 heterocycles. The Morgan fingerprint density at radius 2 is 1.96 bits per heavy atom. The number of carbonyl (C=O) groups excluding carboxylic acids is 1. The van der Waals surface area contributed by atoms with Gasteiger partial charge in [0.1, 0.15) is 12.4 Å². The predicted octanol–water partition coefficient (Wildman–Crippen LogP) is 3.61. The Morgan fingerprint density at radius 1 is 1.12 bits per heavy atom. The van der Waals surface area contributed by atoms with Crippen LogP contribution in [0.25, 0.3) is 10.9 Å². The monoisotopic (exact) mass is 337 g/mol. The highest BCUT2D eigenvalue weighted by Crippen LogP contribution is 2.24.